The SMILES string of the molecule is COc1ccc(-c2ccnc3c(C(=O)[O-])cnn23)cc1. The van der Waals surface area contributed by atoms with Gasteiger partial charge >= 0.3 is 0 Å². The maximum Gasteiger partial charge on any atom is 0.164 e. The number of hydrogen-bond acceptors (Lipinski definition) is 5. The van der Waals surface area contributed by atoms with Crippen LogP contribution in [0.5, 0.6) is 5.75 Å². The van der Waals surface area contributed by atoms with Crippen LogP contribution in [-0.2, 0) is 0 Å². The van der Waals surface area contributed by atoms with Crippen LogP contribution in [0.3, 0.4) is 0 Å². The van der Waals surface area contributed by atoms with E-state index in [4.69, 9.17) is 4.74 Å². The Hall–Kier alpha value is -2.89. The number of ether oxygens (including phenoxy) is 1. The molecule has 0 radical (unpaired) electrons. The van der Waals surface area contributed by atoms with Crippen molar-refractivity contribution in [2.45, 2.75) is 0 Å². The van der Waals surface area contributed by atoms with Crippen molar-refractivity contribution in [1.29, 1.82) is 0 Å². The fraction of sp³-hybridized carbons (Fsp3) is 0.0714. The zero-order valence-electron chi connectivity index (χ0n) is 10.6. The number of methoxy groups -OCH3 is 1. The second-order valence-electron chi connectivity index (χ2n) is 4.14. The van der Waals surface area contributed by atoms with Gasteiger partial charge in [-0.15, -0.1) is 0 Å². The summed E-state index contributed by atoms with van der Waals surface area (Å²) in [6.07, 6.45) is 2.79. The van der Waals surface area contributed by atoms with Crippen LogP contribution >= 0.6 is 0 Å². The lowest BCUT2D eigenvalue weighted by Crippen LogP contribution is -2.22. The van der Waals surface area contributed by atoms with Crippen molar-refractivity contribution in [2.24, 2.45) is 0 Å². The van der Waals surface area contributed by atoms with Gasteiger partial charge in [-0.25, -0.2) is 9.50 Å². The second-order valence-corrected chi connectivity index (χ2v) is 4.14. The highest BCUT2D eigenvalue weighted by atomic mass is 16.5. The quantitative estimate of drug-likeness (QED) is 0.701. The van der Waals surface area contributed by atoms with Crippen LogP contribution in [0.2, 0.25) is 0 Å². The maximum absolute atomic E-state index is 11.0. The van der Waals surface area contributed by atoms with E-state index >= 15 is 0 Å². The Morgan fingerprint density at radius 3 is 2.65 bits per heavy atom. The highest BCUT2D eigenvalue weighted by Crippen LogP contribution is 2.23. The van der Waals surface area contributed by atoms with Crippen LogP contribution < -0.4 is 9.84 Å². The minimum absolute atomic E-state index is 0.0274. The van der Waals surface area contributed by atoms with Gasteiger partial charge in [-0.05, 0) is 30.3 Å². The number of carbonyl (C=O) groups is 1. The van der Waals surface area contributed by atoms with Crippen LogP contribution in [0.15, 0.2) is 42.7 Å². The summed E-state index contributed by atoms with van der Waals surface area (Å²) < 4.78 is 6.59. The predicted octanol–water partition coefficient (Wildman–Crippen LogP) is 0.768. The Morgan fingerprint density at radius 1 is 1.25 bits per heavy atom. The topological polar surface area (TPSA) is 79.5 Å². The normalized spacial score (nSPS) is 10.7. The molecule has 0 atom stereocenters. The van der Waals surface area contributed by atoms with Gasteiger partial charge in [-0.2, -0.15) is 5.10 Å². The highest BCUT2D eigenvalue weighted by molar-refractivity contribution is 5.93. The van der Waals surface area contributed by atoms with E-state index in [1.54, 1.807) is 19.4 Å². The van der Waals surface area contributed by atoms with Gasteiger partial charge in [0.1, 0.15) is 5.75 Å². The van der Waals surface area contributed by atoms with E-state index in [9.17, 15) is 9.90 Å². The molecule has 6 nitrogen and oxygen atoms in total. The van der Waals surface area contributed by atoms with Crippen LogP contribution in [0.4, 0.5) is 0 Å². The van der Waals surface area contributed by atoms with E-state index in [-0.39, 0.29) is 11.2 Å². The van der Waals surface area contributed by atoms with E-state index in [1.165, 1.54) is 10.7 Å². The van der Waals surface area contributed by atoms with Crippen molar-refractivity contribution in [3.63, 3.8) is 0 Å². The summed E-state index contributed by atoms with van der Waals surface area (Å²) in [7, 11) is 1.60. The number of carboxylic acid groups (broad SMARTS) is 1. The molecule has 100 valence electrons. The third-order valence-electron chi connectivity index (χ3n) is 3.01. The second kappa shape index (κ2) is 4.65. The minimum Gasteiger partial charge on any atom is -0.545 e. The first-order valence-corrected chi connectivity index (χ1v) is 5.89. The van der Waals surface area contributed by atoms with E-state index in [0.717, 1.165) is 17.0 Å². The molecule has 0 N–H and O–H groups in total. The minimum atomic E-state index is -1.29. The largest absolute Gasteiger partial charge is 0.545 e. The lowest BCUT2D eigenvalue weighted by molar-refractivity contribution is -0.254. The molecule has 3 rings (SSSR count). The Bertz CT molecular complexity index is 778. The van der Waals surface area contributed by atoms with Crippen molar-refractivity contribution in [3.8, 4) is 17.0 Å². The number of nitrogens with zero attached hydrogens (tertiary/aromatic N) is 3. The number of rotatable bonds is 3. The maximum atomic E-state index is 11.0. The van der Waals surface area contributed by atoms with Gasteiger partial charge in [-0.1, -0.05) is 0 Å². The molecule has 0 saturated heterocycles. The lowest BCUT2D eigenvalue weighted by atomic mass is 10.1. The van der Waals surface area contributed by atoms with Gasteiger partial charge in [0.2, 0.25) is 0 Å². The van der Waals surface area contributed by atoms with E-state index in [1.807, 2.05) is 24.3 Å². The van der Waals surface area contributed by atoms with Crippen molar-refractivity contribution in [3.05, 3.63) is 48.3 Å². The monoisotopic (exact) mass is 268 g/mol. The molecule has 3 aromatic rings. The molecule has 0 fully saturated rings. The molecular formula is C14H10N3O3-. The van der Waals surface area contributed by atoms with Crippen molar-refractivity contribution in [1.82, 2.24) is 14.6 Å². The zero-order chi connectivity index (χ0) is 14.1. The molecule has 0 aliphatic heterocycles. The van der Waals surface area contributed by atoms with Crippen LogP contribution in [-0.4, -0.2) is 27.7 Å². The number of aromatic carboxylic acids is 1. The van der Waals surface area contributed by atoms with Gasteiger partial charge < -0.3 is 14.6 Å². The number of aromatic nitrogens is 3. The Kier molecular flexibility index (Phi) is 2.83. The molecule has 2 heterocycles. The summed E-state index contributed by atoms with van der Waals surface area (Å²) in [5, 5.41) is 15.0. The summed E-state index contributed by atoms with van der Waals surface area (Å²) >= 11 is 0. The molecule has 20 heavy (non-hydrogen) atoms. The summed E-state index contributed by atoms with van der Waals surface area (Å²) in [5.41, 5.74) is 1.86. The van der Waals surface area contributed by atoms with Crippen molar-refractivity contribution in [2.75, 3.05) is 7.11 Å². The average molecular weight is 268 g/mol. The smallest absolute Gasteiger partial charge is 0.164 e. The summed E-state index contributed by atoms with van der Waals surface area (Å²) in [5.74, 6) is -0.547. The number of carbonyl (C=O) groups excluding carboxylic acids is 1. The Balaban J connectivity index is 2.18. The van der Waals surface area contributed by atoms with Gasteiger partial charge in [0.05, 0.1) is 30.5 Å². The van der Waals surface area contributed by atoms with Crippen molar-refractivity contribution >= 4 is 11.6 Å². The molecule has 0 amide bonds. The number of carboxylic acids is 1. The molecule has 2 aromatic heterocycles. The number of benzene rings is 1. The van der Waals surface area contributed by atoms with E-state index in [2.05, 4.69) is 10.1 Å². The van der Waals surface area contributed by atoms with Gasteiger partial charge in [0.15, 0.2) is 5.65 Å². The fourth-order valence-corrected chi connectivity index (χ4v) is 2.02. The van der Waals surface area contributed by atoms with Crippen molar-refractivity contribution < 1.29 is 14.6 Å². The predicted molar refractivity (Wildman–Crippen MR) is 69.3 cm³/mol. The highest BCUT2D eigenvalue weighted by Gasteiger charge is 2.10. The van der Waals surface area contributed by atoms with Crippen LogP contribution in [0.25, 0.3) is 16.9 Å². The number of fused-ring (bicyclic) bond motifs is 1. The molecule has 6 heteroatoms. The first-order valence-electron chi connectivity index (χ1n) is 5.89. The summed E-state index contributed by atoms with van der Waals surface area (Å²) in [6.45, 7) is 0. The third kappa shape index (κ3) is 1.87. The molecule has 0 unspecified atom stereocenters. The molecule has 0 bridgehead atoms. The first-order chi connectivity index (χ1) is 9.70. The van der Waals surface area contributed by atoms with E-state index in [0.29, 0.717) is 0 Å². The van der Waals surface area contributed by atoms with E-state index < -0.39 is 5.97 Å². The molecular weight excluding hydrogens is 258 g/mol. The van der Waals surface area contributed by atoms with Gasteiger partial charge in [0, 0.05) is 11.8 Å². The first kappa shape index (κ1) is 12.2. The van der Waals surface area contributed by atoms with Gasteiger partial charge in [0.25, 0.3) is 0 Å². The summed E-state index contributed by atoms with van der Waals surface area (Å²) in [4.78, 5) is 15.0. The molecule has 1 aromatic carbocycles. The van der Waals surface area contributed by atoms with Gasteiger partial charge in [-0.3, -0.25) is 0 Å². The zero-order valence-corrected chi connectivity index (χ0v) is 10.6. The Morgan fingerprint density at radius 2 is 2.00 bits per heavy atom. The standard InChI is InChI=1S/C14H11N3O3/c1-20-10-4-2-9(3-5-10)12-6-7-15-13-11(14(18)19)8-16-17(12)13/h2-8H,1H3,(H,18,19)/p-1. The molecule has 0 aliphatic rings. The third-order valence-corrected chi connectivity index (χ3v) is 3.01. The van der Waals surface area contributed by atoms with Crippen LogP contribution in [0, 0.1) is 0 Å². The lowest BCUT2D eigenvalue weighted by Gasteiger charge is -2.06. The Labute approximate surface area is 114 Å². The van der Waals surface area contributed by atoms with Crippen LogP contribution in [0.1, 0.15) is 10.4 Å². The molecule has 0 spiro atoms. The number of hydrogen-bond donors (Lipinski definition) is 0. The molecule has 0 aliphatic carbocycles. The molecule has 0 saturated carbocycles. The average Bonchev–Trinajstić information content (AvgIpc) is 2.91. The summed E-state index contributed by atoms with van der Waals surface area (Å²) in [6, 6.07) is 9.15. The fourth-order valence-electron chi connectivity index (χ4n) is 2.02.